The van der Waals surface area contributed by atoms with E-state index in [-0.39, 0.29) is 11.3 Å². The van der Waals surface area contributed by atoms with Crippen LogP contribution in [0.1, 0.15) is 15.9 Å². The van der Waals surface area contributed by atoms with Gasteiger partial charge >= 0.3 is 5.97 Å². The third-order valence-corrected chi connectivity index (χ3v) is 2.70. The molecule has 0 fully saturated rings. The largest absolute Gasteiger partial charge is 0.478 e. The van der Waals surface area contributed by atoms with E-state index in [9.17, 15) is 14.0 Å². The molecule has 0 aliphatic carbocycles. The van der Waals surface area contributed by atoms with Gasteiger partial charge in [0.2, 0.25) is 5.91 Å². The number of amides is 1. The highest BCUT2D eigenvalue weighted by molar-refractivity contribution is 6.02. The maximum atomic E-state index is 13.5. The van der Waals surface area contributed by atoms with Gasteiger partial charge in [-0.15, -0.1) is 0 Å². The SMILES string of the molecule is O=C(/C=C/c1ccccc1)Nc1cc(C(=O)O)ccc1F. The zero-order valence-electron chi connectivity index (χ0n) is 10.9. The lowest BCUT2D eigenvalue weighted by Gasteiger charge is -2.05. The number of nitrogens with one attached hydrogen (secondary N) is 1. The average molecular weight is 285 g/mol. The summed E-state index contributed by atoms with van der Waals surface area (Å²) in [6, 6.07) is 12.3. The Morgan fingerprint density at radius 3 is 2.48 bits per heavy atom. The second-order valence-corrected chi connectivity index (χ2v) is 4.23. The molecule has 0 aliphatic rings. The number of anilines is 1. The molecule has 0 aromatic heterocycles. The third-order valence-electron chi connectivity index (χ3n) is 2.70. The van der Waals surface area contributed by atoms with Gasteiger partial charge in [0, 0.05) is 6.08 Å². The van der Waals surface area contributed by atoms with Gasteiger partial charge in [0.25, 0.3) is 0 Å². The highest BCUT2D eigenvalue weighted by Crippen LogP contribution is 2.16. The minimum Gasteiger partial charge on any atom is -0.478 e. The van der Waals surface area contributed by atoms with Crippen molar-refractivity contribution in [2.45, 2.75) is 0 Å². The first-order valence-electron chi connectivity index (χ1n) is 6.13. The monoisotopic (exact) mass is 285 g/mol. The minimum absolute atomic E-state index is 0.0984. The Bertz CT molecular complexity index is 696. The molecule has 0 spiro atoms. The van der Waals surface area contributed by atoms with Crippen molar-refractivity contribution in [3.05, 3.63) is 71.6 Å². The van der Waals surface area contributed by atoms with Crippen LogP contribution in [0.25, 0.3) is 6.08 Å². The highest BCUT2D eigenvalue weighted by Gasteiger charge is 2.09. The van der Waals surface area contributed by atoms with Gasteiger partial charge in [0.15, 0.2) is 0 Å². The first kappa shape index (κ1) is 14.5. The molecule has 106 valence electrons. The van der Waals surface area contributed by atoms with E-state index >= 15 is 0 Å². The van der Waals surface area contributed by atoms with Crippen molar-refractivity contribution < 1.29 is 19.1 Å². The molecule has 0 saturated carbocycles. The number of hydrogen-bond donors (Lipinski definition) is 2. The van der Waals surface area contributed by atoms with Gasteiger partial charge in [0.1, 0.15) is 5.82 Å². The molecule has 0 aliphatic heterocycles. The van der Waals surface area contributed by atoms with Gasteiger partial charge in [-0.05, 0) is 29.8 Å². The molecule has 0 bridgehead atoms. The van der Waals surface area contributed by atoms with Crippen LogP contribution in [0.15, 0.2) is 54.6 Å². The number of carbonyl (C=O) groups excluding carboxylic acids is 1. The minimum atomic E-state index is -1.19. The molecule has 4 nitrogen and oxygen atoms in total. The summed E-state index contributed by atoms with van der Waals surface area (Å²) < 4.78 is 13.5. The van der Waals surface area contributed by atoms with Gasteiger partial charge in [0.05, 0.1) is 11.3 Å². The summed E-state index contributed by atoms with van der Waals surface area (Å²) >= 11 is 0. The van der Waals surface area contributed by atoms with Crippen LogP contribution < -0.4 is 5.32 Å². The molecule has 1 amide bonds. The van der Waals surface area contributed by atoms with E-state index < -0.39 is 17.7 Å². The number of benzene rings is 2. The molecule has 2 N–H and O–H groups in total. The number of hydrogen-bond acceptors (Lipinski definition) is 2. The number of aromatic carboxylic acids is 1. The van der Waals surface area contributed by atoms with Crippen molar-refractivity contribution in [2.24, 2.45) is 0 Å². The van der Waals surface area contributed by atoms with E-state index in [0.29, 0.717) is 0 Å². The zero-order valence-corrected chi connectivity index (χ0v) is 10.9. The summed E-state index contributed by atoms with van der Waals surface area (Å²) in [5, 5.41) is 11.1. The molecule has 0 unspecified atom stereocenters. The number of halogens is 1. The van der Waals surface area contributed by atoms with E-state index in [2.05, 4.69) is 5.32 Å². The summed E-state index contributed by atoms with van der Waals surface area (Å²) in [7, 11) is 0. The lowest BCUT2D eigenvalue weighted by molar-refractivity contribution is -0.111. The third kappa shape index (κ3) is 4.01. The highest BCUT2D eigenvalue weighted by atomic mass is 19.1. The average Bonchev–Trinajstić information content (AvgIpc) is 2.48. The maximum absolute atomic E-state index is 13.5. The fourth-order valence-corrected chi connectivity index (χ4v) is 1.66. The second kappa shape index (κ2) is 6.47. The Morgan fingerprint density at radius 2 is 1.81 bits per heavy atom. The standard InChI is InChI=1S/C16H12FNO3/c17-13-8-7-12(16(20)21)10-14(13)18-15(19)9-6-11-4-2-1-3-5-11/h1-10H,(H,18,19)(H,20,21)/b9-6+. The first-order chi connectivity index (χ1) is 10.1. The summed E-state index contributed by atoms with van der Waals surface area (Å²) in [6.07, 6.45) is 2.83. The molecule has 2 aromatic carbocycles. The van der Waals surface area contributed by atoms with Crippen LogP contribution >= 0.6 is 0 Å². The van der Waals surface area contributed by atoms with Crippen LogP contribution in [0.3, 0.4) is 0 Å². The second-order valence-electron chi connectivity index (χ2n) is 4.23. The summed E-state index contributed by atoms with van der Waals surface area (Å²) in [4.78, 5) is 22.5. The van der Waals surface area contributed by atoms with Crippen LogP contribution in [0, 0.1) is 5.82 Å². The lowest BCUT2D eigenvalue weighted by Crippen LogP contribution is -2.10. The van der Waals surface area contributed by atoms with Gasteiger partial charge in [-0.3, -0.25) is 4.79 Å². The Kier molecular flexibility index (Phi) is 4.46. The van der Waals surface area contributed by atoms with Crippen molar-refractivity contribution >= 4 is 23.6 Å². The van der Waals surface area contributed by atoms with Gasteiger partial charge in [-0.2, -0.15) is 0 Å². The normalized spacial score (nSPS) is 10.5. The molecular weight excluding hydrogens is 273 g/mol. The van der Waals surface area contributed by atoms with E-state index in [4.69, 9.17) is 5.11 Å². The fourth-order valence-electron chi connectivity index (χ4n) is 1.66. The van der Waals surface area contributed by atoms with Crippen LogP contribution in [-0.4, -0.2) is 17.0 Å². The molecule has 5 heteroatoms. The number of carboxylic acid groups (broad SMARTS) is 1. The number of rotatable bonds is 4. The topological polar surface area (TPSA) is 66.4 Å². The van der Waals surface area contributed by atoms with Crippen LogP contribution in [0.5, 0.6) is 0 Å². The van der Waals surface area contributed by atoms with Crippen LogP contribution in [0.4, 0.5) is 10.1 Å². The molecule has 0 radical (unpaired) electrons. The van der Waals surface area contributed by atoms with Crippen LogP contribution in [-0.2, 0) is 4.79 Å². The lowest BCUT2D eigenvalue weighted by atomic mass is 10.2. The smallest absolute Gasteiger partial charge is 0.335 e. The first-order valence-corrected chi connectivity index (χ1v) is 6.13. The van der Waals surface area contributed by atoms with Crippen molar-refractivity contribution in [1.82, 2.24) is 0 Å². The molecule has 2 aromatic rings. The number of carboxylic acids is 1. The summed E-state index contributed by atoms with van der Waals surface area (Å²) in [6.45, 7) is 0. The molecule has 0 saturated heterocycles. The van der Waals surface area contributed by atoms with E-state index in [1.807, 2.05) is 30.3 Å². The summed E-state index contributed by atoms with van der Waals surface area (Å²) in [5.74, 6) is -2.42. The van der Waals surface area contributed by atoms with Crippen molar-refractivity contribution in [3.63, 3.8) is 0 Å². The van der Waals surface area contributed by atoms with Gasteiger partial charge < -0.3 is 10.4 Å². The van der Waals surface area contributed by atoms with Crippen LogP contribution in [0.2, 0.25) is 0 Å². The quantitative estimate of drug-likeness (QED) is 0.848. The van der Waals surface area contributed by atoms with Crippen molar-refractivity contribution in [1.29, 1.82) is 0 Å². The number of carbonyl (C=O) groups is 2. The van der Waals surface area contributed by atoms with Gasteiger partial charge in [-0.1, -0.05) is 30.3 Å². The van der Waals surface area contributed by atoms with Crippen molar-refractivity contribution in [3.8, 4) is 0 Å². The van der Waals surface area contributed by atoms with Gasteiger partial charge in [-0.25, -0.2) is 9.18 Å². The Labute approximate surface area is 120 Å². The van der Waals surface area contributed by atoms with E-state index in [1.165, 1.54) is 6.08 Å². The molecule has 21 heavy (non-hydrogen) atoms. The molecule has 2 rings (SSSR count). The summed E-state index contributed by atoms with van der Waals surface area (Å²) in [5.41, 5.74) is 0.559. The predicted molar refractivity (Wildman–Crippen MR) is 77.5 cm³/mol. The maximum Gasteiger partial charge on any atom is 0.335 e. The molecule has 0 atom stereocenters. The fraction of sp³-hybridized carbons (Fsp3) is 0. The van der Waals surface area contributed by atoms with Crippen molar-refractivity contribution in [2.75, 3.05) is 5.32 Å². The zero-order chi connectivity index (χ0) is 15.2. The Hall–Kier alpha value is -2.95. The van der Waals surface area contributed by atoms with E-state index in [0.717, 1.165) is 23.8 Å². The Morgan fingerprint density at radius 1 is 1.10 bits per heavy atom. The van der Waals surface area contributed by atoms with E-state index in [1.54, 1.807) is 6.08 Å². The molecule has 0 heterocycles. The predicted octanol–water partition coefficient (Wildman–Crippen LogP) is 3.18. The molecular formula is C16H12FNO3. The Balaban J connectivity index is 2.11.